The van der Waals surface area contributed by atoms with Crippen LogP contribution in [0.25, 0.3) is 10.9 Å². The molecule has 3 rings (SSSR count). The number of likely N-dealkylation sites (N-methyl/N-ethyl adjacent to an activating group) is 1. The molecular weight excluding hydrogens is 355 g/mol. The molecule has 4 nitrogen and oxygen atoms in total. The Kier molecular flexibility index (Phi) is 5.17. The van der Waals surface area contributed by atoms with Gasteiger partial charge in [0.1, 0.15) is 11.6 Å². The lowest BCUT2D eigenvalue weighted by Gasteiger charge is -2.18. The van der Waals surface area contributed by atoms with E-state index in [1.54, 1.807) is 24.3 Å². The van der Waals surface area contributed by atoms with Gasteiger partial charge in [-0.05, 0) is 54.4 Å². The van der Waals surface area contributed by atoms with Crippen LogP contribution in [-0.4, -0.2) is 24.9 Å². The van der Waals surface area contributed by atoms with Crippen molar-refractivity contribution in [3.8, 4) is 11.8 Å². The predicted octanol–water partition coefficient (Wildman–Crippen LogP) is 4.68. The number of nitriles is 1. The van der Waals surface area contributed by atoms with Crippen LogP contribution in [-0.2, 0) is 6.42 Å². The summed E-state index contributed by atoms with van der Waals surface area (Å²) >= 11 is 0. The van der Waals surface area contributed by atoms with Crippen LogP contribution in [0.3, 0.4) is 0 Å². The zero-order valence-corrected chi connectivity index (χ0v) is 14.5. The van der Waals surface area contributed by atoms with Crippen LogP contribution in [0.15, 0.2) is 54.6 Å². The Hall–Kier alpha value is -3.27. The minimum absolute atomic E-state index is 0.229. The first-order chi connectivity index (χ1) is 12.8. The molecule has 0 aliphatic rings. The zero-order valence-electron chi connectivity index (χ0n) is 14.5. The third-order valence-electron chi connectivity index (χ3n) is 4.09. The smallest absolute Gasteiger partial charge is 0.406 e. The molecule has 0 radical (unpaired) electrons. The van der Waals surface area contributed by atoms with Gasteiger partial charge in [-0.2, -0.15) is 5.26 Å². The van der Waals surface area contributed by atoms with E-state index in [9.17, 15) is 13.2 Å². The first kappa shape index (κ1) is 18.5. The molecule has 7 heteroatoms. The number of pyridine rings is 1. The molecule has 0 fully saturated rings. The average molecular weight is 371 g/mol. The van der Waals surface area contributed by atoms with Gasteiger partial charge in [0.05, 0.1) is 17.1 Å². The number of benzene rings is 2. The van der Waals surface area contributed by atoms with Gasteiger partial charge in [0.25, 0.3) is 0 Å². The second-order valence-corrected chi connectivity index (χ2v) is 6.05. The van der Waals surface area contributed by atoms with E-state index in [0.29, 0.717) is 18.5 Å². The first-order valence-corrected chi connectivity index (χ1v) is 8.21. The lowest BCUT2D eigenvalue weighted by atomic mass is 10.1. The predicted molar refractivity (Wildman–Crippen MR) is 96.6 cm³/mol. The number of alkyl halides is 3. The van der Waals surface area contributed by atoms with Crippen molar-refractivity contribution in [2.24, 2.45) is 0 Å². The van der Waals surface area contributed by atoms with Gasteiger partial charge in [-0.1, -0.05) is 12.1 Å². The highest BCUT2D eigenvalue weighted by Crippen LogP contribution is 2.23. The second-order valence-electron chi connectivity index (χ2n) is 6.05. The van der Waals surface area contributed by atoms with Crippen molar-refractivity contribution in [3.63, 3.8) is 0 Å². The Labute approximate surface area is 154 Å². The van der Waals surface area contributed by atoms with E-state index in [2.05, 4.69) is 15.8 Å². The number of anilines is 1. The highest BCUT2D eigenvalue weighted by Gasteiger charge is 2.30. The molecule has 1 heterocycles. The Morgan fingerprint density at radius 2 is 1.81 bits per heavy atom. The minimum Gasteiger partial charge on any atom is -0.406 e. The lowest BCUT2D eigenvalue weighted by molar-refractivity contribution is -0.274. The van der Waals surface area contributed by atoms with Gasteiger partial charge in [0, 0.05) is 19.0 Å². The molecule has 0 atom stereocenters. The summed E-state index contributed by atoms with van der Waals surface area (Å²) in [6.07, 6.45) is -4.03. The molecule has 2 aromatic carbocycles. The average Bonchev–Trinajstić information content (AvgIpc) is 2.65. The van der Waals surface area contributed by atoms with E-state index in [4.69, 9.17) is 5.26 Å². The number of ether oxygens (including phenoxy) is 1. The highest BCUT2D eigenvalue weighted by molar-refractivity contribution is 5.81. The molecule has 0 amide bonds. The molecule has 0 bridgehead atoms. The van der Waals surface area contributed by atoms with Crippen molar-refractivity contribution in [1.29, 1.82) is 5.26 Å². The summed E-state index contributed by atoms with van der Waals surface area (Å²) in [6.45, 7) is 0.647. The van der Waals surface area contributed by atoms with Crippen molar-refractivity contribution in [2.75, 3.05) is 18.5 Å². The molecule has 0 unspecified atom stereocenters. The molecule has 1 aromatic heterocycles. The van der Waals surface area contributed by atoms with Crippen molar-refractivity contribution in [3.05, 3.63) is 65.7 Å². The maximum absolute atomic E-state index is 12.2. The molecule has 27 heavy (non-hydrogen) atoms. The van der Waals surface area contributed by atoms with E-state index < -0.39 is 6.36 Å². The summed E-state index contributed by atoms with van der Waals surface area (Å²) in [4.78, 5) is 6.56. The number of aromatic nitrogens is 1. The molecule has 0 aliphatic heterocycles. The molecule has 0 aliphatic carbocycles. The molecule has 138 valence electrons. The van der Waals surface area contributed by atoms with Gasteiger partial charge < -0.3 is 9.64 Å². The zero-order chi connectivity index (χ0) is 19.4. The topological polar surface area (TPSA) is 49.1 Å². The SMILES string of the molecule is CN(CCc1ccc(OC(F)(F)F)cc1)c1ccc2cc(C#N)ccc2n1. The second kappa shape index (κ2) is 7.54. The largest absolute Gasteiger partial charge is 0.573 e. The van der Waals surface area contributed by atoms with Gasteiger partial charge in [-0.25, -0.2) is 4.98 Å². The standard InChI is InChI=1S/C20H16F3N3O/c1-26(11-10-14-2-6-17(7-3-14)27-20(21,22)23)19-9-5-16-12-15(13-24)4-8-18(16)25-19/h2-9,12H,10-11H2,1H3. The third-order valence-corrected chi connectivity index (χ3v) is 4.09. The van der Waals surface area contributed by atoms with E-state index in [-0.39, 0.29) is 5.75 Å². The number of hydrogen-bond acceptors (Lipinski definition) is 4. The Bertz CT molecular complexity index is 978. The van der Waals surface area contributed by atoms with Crippen molar-refractivity contribution >= 4 is 16.7 Å². The quantitative estimate of drug-likeness (QED) is 0.653. The van der Waals surface area contributed by atoms with Crippen LogP contribution >= 0.6 is 0 Å². The van der Waals surface area contributed by atoms with Crippen LogP contribution in [0.1, 0.15) is 11.1 Å². The summed E-state index contributed by atoms with van der Waals surface area (Å²) in [5.41, 5.74) is 2.28. The molecule has 0 saturated heterocycles. The summed E-state index contributed by atoms with van der Waals surface area (Å²) in [6, 6.07) is 17.1. The third kappa shape index (κ3) is 4.88. The van der Waals surface area contributed by atoms with Crippen molar-refractivity contribution in [2.45, 2.75) is 12.8 Å². The van der Waals surface area contributed by atoms with Crippen LogP contribution in [0.5, 0.6) is 5.75 Å². The number of fused-ring (bicyclic) bond motifs is 1. The Morgan fingerprint density at radius 3 is 2.48 bits per heavy atom. The Morgan fingerprint density at radius 1 is 1.07 bits per heavy atom. The number of nitrogens with zero attached hydrogens (tertiary/aromatic N) is 3. The summed E-state index contributed by atoms with van der Waals surface area (Å²) in [5.74, 6) is 0.553. The monoisotopic (exact) mass is 371 g/mol. The van der Waals surface area contributed by atoms with Crippen molar-refractivity contribution < 1.29 is 17.9 Å². The first-order valence-electron chi connectivity index (χ1n) is 8.21. The summed E-state index contributed by atoms with van der Waals surface area (Å²) in [5, 5.41) is 9.84. The van der Waals surface area contributed by atoms with E-state index in [0.717, 1.165) is 22.3 Å². The van der Waals surface area contributed by atoms with Gasteiger partial charge in [0.15, 0.2) is 0 Å². The molecular formula is C20H16F3N3O. The lowest BCUT2D eigenvalue weighted by Crippen LogP contribution is -2.21. The van der Waals surface area contributed by atoms with E-state index >= 15 is 0 Å². The normalized spacial score (nSPS) is 11.2. The van der Waals surface area contributed by atoms with Gasteiger partial charge >= 0.3 is 6.36 Å². The van der Waals surface area contributed by atoms with Crippen LogP contribution in [0, 0.1) is 11.3 Å². The van der Waals surface area contributed by atoms with Crippen LogP contribution in [0.4, 0.5) is 19.0 Å². The molecule has 0 spiro atoms. The minimum atomic E-state index is -4.68. The number of halogens is 3. The van der Waals surface area contributed by atoms with Crippen LogP contribution < -0.4 is 9.64 Å². The molecule has 0 N–H and O–H groups in total. The maximum Gasteiger partial charge on any atom is 0.573 e. The van der Waals surface area contributed by atoms with Crippen molar-refractivity contribution in [1.82, 2.24) is 4.98 Å². The summed E-state index contributed by atoms with van der Waals surface area (Å²) < 4.78 is 40.4. The van der Waals surface area contributed by atoms with E-state index in [1.165, 1.54) is 12.1 Å². The van der Waals surface area contributed by atoms with Crippen LogP contribution in [0.2, 0.25) is 0 Å². The molecule has 3 aromatic rings. The maximum atomic E-state index is 12.2. The number of hydrogen-bond donors (Lipinski definition) is 0. The van der Waals surface area contributed by atoms with E-state index in [1.807, 2.05) is 30.1 Å². The Balaban J connectivity index is 1.64. The fourth-order valence-corrected chi connectivity index (χ4v) is 2.67. The van der Waals surface area contributed by atoms with Gasteiger partial charge in [-0.15, -0.1) is 13.2 Å². The van der Waals surface area contributed by atoms with Gasteiger partial charge in [0.2, 0.25) is 0 Å². The van der Waals surface area contributed by atoms with Gasteiger partial charge in [-0.3, -0.25) is 0 Å². The fourth-order valence-electron chi connectivity index (χ4n) is 2.67. The highest BCUT2D eigenvalue weighted by atomic mass is 19.4. The fraction of sp³-hybridized carbons (Fsp3) is 0.200. The molecule has 0 saturated carbocycles. The summed E-state index contributed by atoms with van der Waals surface area (Å²) in [7, 11) is 1.90. The number of rotatable bonds is 5.